The molecule has 0 unspecified atom stereocenters. The fourth-order valence-electron chi connectivity index (χ4n) is 2.18. The first kappa shape index (κ1) is 15.6. The van der Waals surface area contributed by atoms with Crippen LogP contribution in [-0.4, -0.2) is 53.5 Å². The van der Waals surface area contributed by atoms with Gasteiger partial charge in [-0.2, -0.15) is 11.8 Å². The summed E-state index contributed by atoms with van der Waals surface area (Å²) in [6, 6.07) is 0. The van der Waals surface area contributed by atoms with Gasteiger partial charge in [0.1, 0.15) is 0 Å². The van der Waals surface area contributed by atoms with E-state index in [9.17, 15) is 4.79 Å². The zero-order valence-electron chi connectivity index (χ0n) is 11.6. The van der Waals surface area contributed by atoms with E-state index >= 15 is 0 Å². The molecule has 0 bridgehead atoms. The average molecular weight is 314 g/mol. The number of hydrogen-bond donors (Lipinski definition) is 2. The van der Waals surface area contributed by atoms with Gasteiger partial charge in [0.25, 0.3) is 0 Å². The van der Waals surface area contributed by atoms with Gasteiger partial charge in [-0.1, -0.05) is 0 Å². The van der Waals surface area contributed by atoms with Crippen molar-refractivity contribution in [2.75, 3.05) is 43.4 Å². The predicted octanol–water partition coefficient (Wildman–Crippen LogP) is 1.21. The molecule has 112 valence electrons. The van der Waals surface area contributed by atoms with E-state index < -0.39 is 0 Å². The number of nitrogen functional groups attached to an aromatic ring is 1. The van der Waals surface area contributed by atoms with Crippen LogP contribution in [-0.2, 0) is 11.2 Å². The van der Waals surface area contributed by atoms with Crippen molar-refractivity contribution >= 4 is 34.1 Å². The Morgan fingerprint density at radius 3 is 3.00 bits per heavy atom. The molecule has 0 atom stereocenters. The van der Waals surface area contributed by atoms with Crippen molar-refractivity contribution < 1.29 is 4.79 Å². The van der Waals surface area contributed by atoms with E-state index in [0.29, 0.717) is 17.4 Å². The van der Waals surface area contributed by atoms with Crippen LogP contribution in [0, 0.1) is 0 Å². The van der Waals surface area contributed by atoms with Gasteiger partial charge in [0.2, 0.25) is 5.91 Å². The molecule has 3 N–H and O–H groups in total. The third kappa shape index (κ3) is 5.68. The molecule has 1 fully saturated rings. The SMILES string of the molecule is Nc1nc(CCNC(=O)CSCCN2CCCC2)cs1. The summed E-state index contributed by atoms with van der Waals surface area (Å²) in [5, 5.41) is 5.44. The van der Waals surface area contributed by atoms with E-state index in [1.165, 1.54) is 37.3 Å². The van der Waals surface area contributed by atoms with Gasteiger partial charge in [-0.3, -0.25) is 4.79 Å². The zero-order chi connectivity index (χ0) is 14.2. The average Bonchev–Trinajstić information content (AvgIpc) is 3.06. The van der Waals surface area contributed by atoms with Crippen molar-refractivity contribution in [2.45, 2.75) is 19.3 Å². The van der Waals surface area contributed by atoms with Gasteiger partial charge in [0.15, 0.2) is 5.13 Å². The van der Waals surface area contributed by atoms with Gasteiger partial charge < -0.3 is 16.0 Å². The van der Waals surface area contributed by atoms with Crippen LogP contribution in [0.15, 0.2) is 5.38 Å². The molecule has 0 saturated carbocycles. The Kier molecular flexibility index (Phi) is 6.62. The lowest BCUT2D eigenvalue weighted by atomic mass is 10.3. The molecule has 0 spiro atoms. The standard InChI is InChI=1S/C13H22N4OS2/c14-13-16-11(9-20-13)3-4-15-12(18)10-19-8-7-17-5-1-2-6-17/h9H,1-8,10H2,(H2,14,16)(H,15,18). The second-order valence-electron chi connectivity index (χ2n) is 4.88. The largest absolute Gasteiger partial charge is 0.375 e. The summed E-state index contributed by atoms with van der Waals surface area (Å²) in [7, 11) is 0. The minimum atomic E-state index is 0.111. The molecule has 0 aromatic carbocycles. The molecule has 1 aliphatic rings. The highest BCUT2D eigenvalue weighted by atomic mass is 32.2. The number of hydrogen-bond acceptors (Lipinski definition) is 6. The van der Waals surface area contributed by atoms with E-state index in [1.54, 1.807) is 11.8 Å². The summed E-state index contributed by atoms with van der Waals surface area (Å²) in [4.78, 5) is 18.3. The summed E-state index contributed by atoms with van der Waals surface area (Å²) >= 11 is 3.15. The first-order valence-electron chi connectivity index (χ1n) is 7.01. The van der Waals surface area contributed by atoms with Crippen molar-refractivity contribution in [1.82, 2.24) is 15.2 Å². The number of aromatic nitrogens is 1. The Labute approximate surface area is 128 Å². The van der Waals surface area contributed by atoms with Crippen molar-refractivity contribution in [1.29, 1.82) is 0 Å². The molecule has 0 aliphatic carbocycles. The van der Waals surface area contributed by atoms with Crippen molar-refractivity contribution in [2.24, 2.45) is 0 Å². The smallest absolute Gasteiger partial charge is 0.230 e. The molecule has 5 nitrogen and oxygen atoms in total. The number of carbonyl (C=O) groups is 1. The molecule has 0 radical (unpaired) electrons. The summed E-state index contributed by atoms with van der Waals surface area (Å²) in [5.74, 6) is 1.70. The number of rotatable bonds is 8. The quantitative estimate of drug-likeness (QED) is 0.706. The number of carbonyl (C=O) groups excluding carboxylic acids is 1. The van der Waals surface area contributed by atoms with Crippen molar-refractivity contribution in [3.63, 3.8) is 0 Å². The summed E-state index contributed by atoms with van der Waals surface area (Å²) in [5.41, 5.74) is 6.51. The number of nitrogens with two attached hydrogens (primary N) is 1. The second-order valence-corrected chi connectivity index (χ2v) is 6.87. The topological polar surface area (TPSA) is 71.2 Å². The Balaban J connectivity index is 1.47. The fourth-order valence-corrected chi connectivity index (χ4v) is 3.60. The van der Waals surface area contributed by atoms with E-state index in [4.69, 9.17) is 5.73 Å². The molecular weight excluding hydrogens is 292 g/mol. The van der Waals surface area contributed by atoms with Crippen LogP contribution < -0.4 is 11.1 Å². The summed E-state index contributed by atoms with van der Waals surface area (Å²) in [6.45, 7) is 4.19. The minimum Gasteiger partial charge on any atom is -0.375 e. The van der Waals surface area contributed by atoms with E-state index in [1.807, 2.05) is 5.38 Å². The van der Waals surface area contributed by atoms with Gasteiger partial charge in [-0.05, 0) is 25.9 Å². The Bertz CT molecular complexity index is 418. The van der Waals surface area contributed by atoms with E-state index in [2.05, 4.69) is 15.2 Å². The van der Waals surface area contributed by atoms with E-state index in [0.717, 1.165) is 24.4 Å². The minimum absolute atomic E-state index is 0.111. The maximum atomic E-state index is 11.6. The molecule has 1 aromatic rings. The number of thiazole rings is 1. The van der Waals surface area contributed by atoms with Gasteiger partial charge >= 0.3 is 0 Å². The fraction of sp³-hybridized carbons (Fsp3) is 0.692. The van der Waals surface area contributed by atoms with Gasteiger partial charge in [-0.25, -0.2) is 4.98 Å². The van der Waals surface area contributed by atoms with Crippen molar-refractivity contribution in [3.05, 3.63) is 11.1 Å². The normalized spacial score (nSPS) is 15.6. The number of thioether (sulfide) groups is 1. The van der Waals surface area contributed by atoms with Crippen LogP contribution in [0.5, 0.6) is 0 Å². The molecule has 1 amide bonds. The highest BCUT2D eigenvalue weighted by Crippen LogP contribution is 2.11. The van der Waals surface area contributed by atoms with Crippen LogP contribution in [0.4, 0.5) is 5.13 Å². The first-order chi connectivity index (χ1) is 9.74. The van der Waals surface area contributed by atoms with Crippen LogP contribution in [0.1, 0.15) is 18.5 Å². The first-order valence-corrected chi connectivity index (χ1v) is 9.04. The lowest BCUT2D eigenvalue weighted by molar-refractivity contribution is -0.118. The predicted molar refractivity (Wildman–Crippen MR) is 86.2 cm³/mol. The molecule has 2 rings (SSSR count). The summed E-state index contributed by atoms with van der Waals surface area (Å²) < 4.78 is 0. The maximum absolute atomic E-state index is 11.6. The number of nitrogens with one attached hydrogen (secondary N) is 1. The van der Waals surface area contributed by atoms with Gasteiger partial charge in [0, 0.05) is 30.6 Å². The Morgan fingerprint density at radius 1 is 1.50 bits per heavy atom. The molecule has 2 heterocycles. The molecule has 20 heavy (non-hydrogen) atoms. The maximum Gasteiger partial charge on any atom is 0.230 e. The van der Waals surface area contributed by atoms with Gasteiger partial charge in [-0.15, -0.1) is 11.3 Å². The highest BCUT2D eigenvalue weighted by Gasteiger charge is 2.10. The summed E-state index contributed by atoms with van der Waals surface area (Å²) in [6.07, 6.45) is 3.40. The molecular formula is C13H22N4OS2. The number of anilines is 1. The molecule has 1 aliphatic heterocycles. The van der Waals surface area contributed by atoms with Crippen LogP contribution in [0.25, 0.3) is 0 Å². The highest BCUT2D eigenvalue weighted by molar-refractivity contribution is 7.99. The molecule has 7 heteroatoms. The number of amides is 1. The second kappa shape index (κ2) is 8.49. The number of nitrogens with zero attached hydrogens (tertiary/aromatic N) is 2. The van der Waals surface area contributed by atoms with Crippen LogP contribution >= 0.6 is 23.1 Å². The third-order valence-corrected chi connectivity index (χ3v) is 4.92. The zero-order valence-corrected chi connectivity index (χ0v) is 13.3. The lowest BCUT2D eigenvalue weighted by Gasteiger charge is -2.13. The molecule has 1 aromatic heterocycles. The van der Waals surface area contributed by atoms with Crippen LogP contribution in [0.2, 0.25) is 0 Å². The Morgan fingerprint density at radius 2 is 2.30 bits per heavy atom. The number of likely N-dealkylation sites (tertiary alicyclic amines) is 1. The van der Waals surface area contributed by atoms with Crippen LogP contribution in [0.3, 0.4) is 0 Å². The van der Waals surface area contributed by atoms with Crippen molar-refractivity contribution in [3.8, 4) is 0 Å². The molecule has 1 saturated heterocycles. The monoisotopic (exact) mass is 314 g/mol. The van der Waals surface area contributed by atoms with Gasteiger partial charge in [0.05, 0.1) is 11.4 Å². The third-order valence-electron chi connectivity index (χ3n) is 3.26. The Hall–Kier alpha value is -0.790. The lowest BCUT2D eigenvalue weighted by Crippen LogP contribution is -2.28. The van der Waals surface area contributed by atoms with E-state index in [-0.39, 0.29) is 5.91 Å².